The predicted molar refractivity (Wildman–Crippen MR) is 106 cm³/mol. The highest BCUT2D eigenvalue weighted by molar-refractivity contribution is 5.89. The van der Waals surface area contributed by atoms with Gasteiger partial charge in [0.25, 0.3) is 0 Å². The van der Waals surface area contributed by atoms with Gasteiger partial charge >= 0.3 is 5.97 Å². The predicted octanol–water partition coefficient (Wildman–Crippen LogP) is 3.76. The van der Waals surface area contributed by atoms with Gasteiger partial charge in [0.2, 0.25) is 0 Å². The van der Waals surface area contributed by atoms with Crippen LogP contribution in [0.5, 0.6) is 5.75 Å². The first-order valence-corrected chi connectivity index (χ1v) is 8.80. The molecule has 0 saturated carbocycles. The zero-order chi connectivity index (χ0) is 19.5. The molecule has 0 atom stereocenters. The molecule has 0 radical (unpaired) electrons. The van der Waals surface area contributed by atoms with Crippen LogP contribution in [0.25, 0.3) is 27.8 Å². The second-order valence-electron chi connectivity index (χ2n) is 6.27. The maximum atomic E-state index is 11.0. The van der Waals surface area contributed by atoms with E-state index in [1.54, 1.807) is 30.6 Å². The lowest BCUT2D eigenvalue weighted by Gasteiger charge is -2.08. The molecule has 0 bridgehead atoms. The number of aromatic nitrogens is 2. The van der Waals surface area contributed by atoms with Gasteiger partial charge in [-0.1, -0.05) is 18.2 Å². The molecule has 140 valence electrons. The number of carboxylic acids is 1. The fourth-order valence-electron chi connectivity index (χ4n) is 3.07. The van der Waals surface area contributed by atoms with Crippen LogP contribution in [-0.2, 0) is 0 Å². The Morgan fingerprint density at radius 1 is 0.964 bits per heavy atom. The van der Waals surface area contributed by atoms with Gasteiger partial charge in [-0.15, -0.1) is 0 Å². The van der Waals surface area contributed by atoms with Crippen molar-refractivity contribution in [3.63, 3.8) is 0 Å². The molecule has 0 unspecified atom stereocenters. The number of benzene rings is 3. The summed E-state index contributed by atoms with van der Waals surface area (Å²) >= 11 is 0. The lowest BCUT2D eigenvalue weighted by atomic mass is 10.0. The van der Waals surface area contributed by atoms with Crippen molar-refractivity contribution in [1.82, 2.24) is 9.55 Å². The molecule has 0 aliphatic heterocycles. The van der Waals surface area contributed by atoms with Crippen LogP contribution in [0.2, 0.25) is 0 Å². The van der Waals surface area contributed by atoms with Crippen LogP contribution >= 0.6 is 0 Å². The van der Waals surface area contributed by atoms with E-state index >= 15 is 0 Å². The highest BCUT2D eigenvalue weighted by atomic mass is 16.5. The molecule has 4 aromatic rings. The lowest BCUT2D eigenvalue weighted by Crippen LogP contribution is -2.01. The van der Waals surface area contributed by atoms with Gasteiger partial charge in [0.1, 0.15) is 18.7 Å². The largest absolute Gasteiger partial charge is 0.491 e. The van der Waals surface area contributed by atoms with Crippen molar-refractivity contribution in [3.05, 3.63) is 78.6 Å². The lowest BCUT2D eigenvalue weighted by molar-refractivity contribution is 0.0697. The average molecular weight is 374 g/mol. The second kappa shape index (κ2) is 7.54. The van der Waals surface area contributed by atoms with Crippen LogP contribution in [0.15, 0.2) is 73.1 Å². The Hall–Kier alpha value is -3.64. The summed E-state index contributed by atoms with van der Waals surface area (Å²) in [5.41, 5.74) is 4.95. The Kier molecular flexibility index (Phi) is 4.78. The number of nitrogens with zero attached hydrogens (tertiary/aromatic N) is 2. The number of imidazole rings is 1. The highest BCUT2D eigenvalue weighted by Crippen LogP contribution is 2.26. The molecular weight excluding hydrogens is 356 g/mol. The normalized spacial score (nSPS) is 10.9. The van der Waals surface area contributed by atoms with Crippen LogP contribution in [0, 0.1) is 0 Å². The van der Waals surface area contributed by atoms with Gasteiger partial charge in [-0.05, 0) is 59.7 Å². The van der Waals surface area contributed by atoms with Crippen LogP contribution < -0.4 is 4.74 Å². The summed E-state index contributed by atoms with van der Waals surface area (Å²) in [7, 11) is 0. The number of hydrogen-bond acceptors (Lipinski definition) is 4. The molecule has 1 aromatic heterocycles. The van der Waals surface area contributed by atoms with E-state index in [9.17, 15) is 4.79 Å². The van der Waals surface area contributed by atoms with E-state index in [4.69, 9.17) is 14.9 Å². The zero-order valence-electron chi connectivity index (χ0n) is 14.9. The minimum atomic E-state index is -0.937. The standard InChI is InChI=1S/C22H18N2O4/c25-11-12-28-19-8-6-18(7-9-19)24-14-23-20-13-17(5-10-21(20)24)15-1-3-16(4-2-15)22(26)27/h1-10,13-14,25H,11-12H2,(H,26,27). The third-order valence-corrected chi connectivity index (χ3v) is 4.49. The van der Waals surface area contributed by atoms with E-state index in [0.29, 0.717) is 5.75 Å². The summed E-state index contributed by atoms with van der Waals surface area (Å²) in [6.45, 7) is 0.249. The van der Waals surface area contributed by atoms with E-state index in [0.717, 1.165) is 27.8 Å². The topological polar surface area (TPSA) is 84.6 Å². The number of ether oxygens (including phenoxy) is 1. The molecule has 4 rings (SSSR count). The number of aliphatic hydroxyl groups is 1. The summed E-state index contributed by atoms with van der Waals surface area (Å²) in [5.74, 6) is -0.233. The van der Waals surface area contributed by atoms with Gasteiger partial charge in [-0.3, -0.25) is 4.57 Å². The van der Waals surface area contributed by atoms with Crippen LogP contribution in [-0.4, -0.2) is 38.9 Å². The fourth-order valence-corrected chi connectivity index (χ4v) is 3.07. The first-order valence-electron chi connectivity index (χ1n) is 8.80. The molecule has 0 aliphatic rings. The number of carbonyl (C=O) groups is 1. The van der Waals surface area contributed by atoms with Crippen LogP contribution in [0.4, 0.5) is 0 Å². The first kappa shape index (κ1) is 17.8. The smallest absolute Gasteiger partial charge is 0.335 e. The Bertz CT molecular complexity index is 1120. The number of carboxylic acid groups (broad SMARTS) is 1. The molecule has 0 fully saturated rings. The van der Waals surface area contributed by atoms with Crippen molar-refractivity contribution in [2.75, 3.05) is 13.2 Å². The SMILES string of the molecule is O=C(O)c1ccc(-c2ccc3c(c2)ncn3-c2ccc(OCCO)cc2)cc1. The molecule has 6 nitrogen and oxygen atoms in total. The van der Waals surface area contributed by atoms with Crippen molar-refractivity contribution in [3.8, 4) is 22.6 Å². The van der Waals surface area contributed by atoms with Crippen LogP contribution in [0.1, 0.15) is 10.4 Å². The molecule has 0 spiro atoms. The summed E-state index contributed by atoms with van der Waals surface area (Å²) in [5, 5.41) is 17.9. The molecule has 0 saturated heterocycles. The number of fused-ring (bicyclic) bond motifs is 1. The molecule has 0 aliphatic carbocycles. The number of aromatic carboxylic acids is 1. The minimum Gasteiger partial charge on any atom is -0.491 e. The molecule has 1 heterocycles. The van der Waals surface area contributed by atoms with E-state index in [-0.39, 0.29) is 18.8 Å². The maximum absolute atomic E-state index is 11.0. The van der Waals surface area contributed by atoms with Crippen molar-refractivity contribution in [1.29, 1.82) is 0 Å². The molecule has 3 aromatic carbocycles. The monoisotopic (exact) mass is 374 g/mol. The number of hydrogen-bond donors (Lipinski definition) is 2. The summed E-state index contributed by atoms with van der Waals surface area (Å²) < 4.78 is 7.38. The third-order valence-electron chi connectivity index (χ3n) is 4.49. The molecule has 0 amide bonds. The Labute approximate surface area is 161 Å². The van der Waals surface area contributed by atoms with E-state index < -0.39 is 5.97 Å². The second-order valence-corrected chi connectivity index (χ2v) is 6.27. The number of rotatable bonds is 6. The molecular formula is C22H18N2O4. The van der Waals surface area contributed by atoms with Gasteiger partial charge in [0, 0.05) is 5.69 Å². The maximum Gasteiger partial charge on any atom is 0.335 e. The van der Waals surface area contributed by atoms with Gasteiger partial charge < -0.3 is 14.9 Å². The van der Waals surface area contributed by atoms with Crippen molar-refractivity contribution in [2.45, 2.75) is 0 Å². The van der Waals surface area contributed by atoms with E-state index in [1.807, 2.05) is 47.0 Å². The number of aliphatic hydroxyl groups excluding tert-OH is 1. The zero-order valence-corrected chi connectivity index (χ0v) is 14.9. The molecule has 2 N–H and O–H groups in total. The summed E-state index contributed by atoms with van der Waals surface area (Å²) in [6.07, 6.45) is 1.77. The highest BCUT2D eigenvalue weighted by Gasteiger charge is 2.08. The van der Waals surface area contributed by atoms with Crippen molar-refractivity contribution >= 4 is 17.0 Å². The Morgan fingerprint density at radius 3 is 2.36 bits per heavy atom. The average Bonchev–Trinajstić information content (AvgIpc) is 3.16. The Morgan fingerprint density at radius 2 is 1.68 bits per heavy atom. The third kappa shape index (κ3) is 3.45. The summed E-state index contributed by atoms with van der Waals surface area (Å²) in [6, 6.07) is 20.4. The van der Waals surface area contributed by atoms with Gasteiger partial charge in [0.05, 0.1) is 23.2 Å². The first-order chi connectivity index (χ1) is 13.7. The van der Waals surface area contributed by atoms with Gasteiger partial charge in [-0.25, -0.2) is 9.78 Å². The van der Waals surface area contributed by atoms with Crippen molar-refractivity contribution in [2.24, 2.45) is 0 Å². The van der Waals surface area contributed by atoms with E-state index in [2.05, 4.69) is 4.98 Å². The molecule has 28 heavy (non-hydrogen) atoms. The van der Waals surface area contributed by atoms with E-state index in [1.165, 1.54) is 0 Å². The van der Waals surface area contributed by atoms with Crippen LogP contribution in [0.3, 0.4) is 0 Å². The van der Waals surface area contributed by atoms with Gasteiger partial charge in [-0.2, -0.15) is 0 Å². The van der Waals surface area contributed by atoms with Gasteiger partial charge in [0.15, 0.2) is 0 Å². The van der Waals surface area contributed by atoms with Crippen molar-refractivity contribution < 1.29 is 19.7 Å². The molecule has 6 heteroatoms. The summed E-state index contributed by atoms with van der Waals surface area (Å²) in [4.78, 5) is 15.5. The minimum absolute atomic E-state index is 0.0186. The fraction of sp³-hybridized carbons (Fsp3) is 0.0909. The quantitative estimate of drug-likeness (QED) is 0.537. The Balaban J connectivity index is 1.63.